The van der Waals surface area contributed by atoms with Crippen molar-refractivity contribution in [1.82, 2.24) is 5.32 Å². The predicted octanol–water partition coefficient (Wildman–Crippen LogP) is 2.78. The first kappa shape index (κ1) is 16.2. The third kappa shape index (κ3) is 4.40. The summed E-state index contributed by atoms with van der Waals surface area (Å²) in [5.41, 5.74) is 2.29. The number of phenolic OH excluding ortho intramolecular Hbond substituents is 1. The number of para-hydroxylation sites is 1. The largest absolute Gasteiger partial charge is 0.504 e. The third-order valence-corrected chi connectivity index (χ3v) is 3.60. The molecule has 0 radical (unpaired) electrons. The molecule has 22 heavy (non-hydrogen) atoms. The van der Waals surface area contributed by atoms with E-state index in [1.807, 2.05) is 24.3 Å². The van der Waals surface area contributed by atoms with Crippen LogP contribution in [0.5, 0.6) is 17.2 Å². The van der Waals surface area contributed by atoms with Crippen molar-refractivity contribution < 1.29 is 14.6 Å². The van der Waals surface area contributed by atoms with Gasteiger partial charge in [-0.2, -0.15) is 0 Å². The normalized spacial score (nSPS) is 10.5. The fraction of sp³-hybridized carbons (Fsp3) is 0.333. The van der Waals surface area contributed by atoms with Gasteiger partial charge in [-0.1, -0.05) is 24.3 Å². The molecule has 0 saturated carbocycles. The van der Waals surface area contributed by atoms with Crippen molar-refractivity contribution in [2.75, 3.05) is 27.3 Å². The van der Waals surface area contributed by atoms with E-state index in [1.165, 1.54) is 5.56 Å². The summed E-state index contributed by atoms with van der Waals surface area (Å²) >= 11 is 0. The topological polar surface area (TPSA) is 50.7 Å². The molecule has 0 fully saturated rings. The zero-order valence-corrected chi connectivity index (χ0v) is 13.1. The first-order chi connectivity index (χ1) is 10.7. The van der Waals surface area contributed by atoms with Gasteiger partial charge in [0.25, 0.3) is 0 Å². The number of aromatic hydroxyl groups is 1. The summed E-state index contributed by atoms with van der Waals surface area (Å²) in [4.78, 5) is 0. The van der Waals surface area contributed by atoms with Gasteiger partial charge in [0.1, 0.15) is 5.75 Å². The molecular weight excluding hydrogens is 278 g/mol. The van der Waals surface area contributed by atoms with Crippen LogP contribution in [-0.2, 0) is 12.8 Å². The Balaban J connectivity index is 1.74. The highest BCUT2D eigenvalue weighted by molar-refractivity contribution is 5.41. The fourth-order valence-electron chi connectivity index (χ4n) is 2.38. The SMILES string of the molecule is COc1ccc(CCNCCc2ccccc2OC)cc1O. The van der Waals surface area contributed by atoms with Gasteiger partial charge in [-0.05, 0) is 55.3 Å². The molecule has 0 aliphatic carbocycles. The zero-order valence-electron chi connectivity index (χ0n) is 13.1. The van der Waals surface area contributed by atoms with E-state index in [0.29, 0.717) is 5.75 Å². The fourth-order valence-corrected chi connectivity index (χ4v) is 2.38. The maximum atomic E-state index is 9.74. The third-order valence-electron chi connectivity index (χ3n) is 3.60. The molecule has 2 N–H and O–H groups in total. The Morgan fingerprint density at radius 3 is 2.36 bits per heavy atom. The van der Waals surface area contributed by atoms with Crippen molar-refractivity contribution in [3.05, 3.63) is 53.6 Å². The first-order valence-corrected chi connectivity index (χ1v) is 7.43. The summed E-state index contributed by atoms with van der Waals surface area (Å²) in [6, 6.07) is 13.6. The van der Waals surface area contributed by atoms with E-state index in [-0.39, 0.29) is 5.75 Å². The van der Waals surface area contributed by atoms with Crippen LogP contribution in [0.2, 0.25) is 0 Å². The number of benzene rings is 2. The van der Waals surface area contributed by atoms with Crippen LogP contribution in [0, 0.1) is 0 Å². The van der Waals surface area contributed by atoms with Gasteiger partial charge in [0, 0.05) is 0 Å². The van der Waals surface area contributed by atoms with E-state index in [2.05, 4.69) is 11.4 Å². The molecular formula is C18H23NO3. The minimum Gasteiger partial charge on any atom is -0.504 e. The lowest BCUT2D eigenvalue weighted by Crippen LogP contribution is -2.20. The van der Waals surface area contributed by atoms with E-state index in [9.17, 15) is 5.11 Å². The number of hydrogen-bond donors (Lipinski definition) is 2. The second-order valence-electron chi connectivity index (χ2n) is 5.07. The first-order valence-electron chi connectivity index (χ1n) is 7.43. The van der Waals surface area contributed by atoms with Crippen LogP contribution in [0.1, 0.15) is 11.1 Å². The highest BCUT2D eigenvalue weighted by Crippen LogP contribution is 2.26. The van der Waals surface area contributed by atoms with E-state index in [4.69, 9.17) is 9.47 Å². The molecule has 0 bridgehead atoms. The van der Waals surface area contributed by atoms with E-state index < -0.39 is 0 Å². The molecule has 0 unspecified atom stereocenters. The summed E-state index contributed by atoms with van der Waals surface area (Å²) in [7, 11) is 3.25. The highest BCUT2D eigenvalue weighted by atomic mass is 16.5. The van der Waals surface area contributed by atoms with Gasteiger partial charge in [-0.3, -0.25) is 0 Å². The lowest BCUT2D eigenvalue weighted by Gasteiger charge is -2.09. The summed E-state index contributed by atoms with van der Waals surface area (Å²) in [5.74, 6) is 1.63. The molecule has 2 aromatic carbocycles. The molecule has 0 amide bonds. The maximum Gasteiger partial charge on any atom is 0.160 e. The molecule has 0 saturated heterocycles. The summed E-state index contributed by atoms with van der Waals surface area (Å²) < 4.78 is 10.4. The number of hydrogen-bond acceptors (Lipinski definition) is 4. The van der Waals surface area contributed by atoms with Crippen molar-refractivity contribution in [2.24, 2.45) is 0 Å². The Labute approximate surface area is 131 Å². The Kier molecular flexibility index (Phi) is 6.10. The van der Waals surface area contributed by atoms with Gasteiger partial charge in [0.2, 0.25) is 0 Å². The molecule has 0 heterocycles. The van der Waals surface area contributed by atoms with E-state index in [1.54, 1.807) is 26.4 Å². The smallest absolute Gasteiger partial charge is 0.160 e. The van der Waals surface area contributed by atoms with Crippen LogP contribution in [-0.4, -0.2) is 32.4 Å². The number of ether oxygens (including phenoxy) is 2. The molecule has 0 aromatic heterocycles. The number of rotatable bonds is 8. The summed E-state index contributed by atoms with van der Waals surface area (Å²) in [5, 5.41) is 13.2. The van der Waals surface area contributed by atoms with Crippen molar-refractivity contribution in [2.45, 2.75) is 12.8 Å². The second kappa shape index (κ2) is 8.29. The molecule has 0 atom stereocenters. The molecule has 2 aromatic rings. The molecule has 4 nitrogen and oxygen atoms in total. The maximum absolute atomic E-state index is 9.74. The number of methoxy groups -OCH3 is 2. The van der Waals surface area contributed by atoms with Crippen molar-refractivity contribution in [1.29, 1.82) is 0 Å². The van der Waals surface area contributed by atoms with Crippen molar-refractivity contribution in [3.8, 4) is 17.2 Å². The summed E-state index contributed by atoms with van der Waals surface area (Å²) in [6.45, 7) is 1.75. The number of nitrogens with one attached hydrogen (secondary N) is 1. The molecule has 0 aliphatic heterocycles. The van der Waals surface area contributed by atoms with Crippen LogP contribution in [0.4, 0.5) is 0 Å². The van der Waals surface area contributed by atoms with Gasteiger partial charge < -0.3 is 19.9 Å². The van der Waals surface area contributed by atoms with Gasteiger partial charge in [0.15, 0.2) is 11.5 Å². The highest BCUT2D eigenvalue weighted by Gasteiger charge is 2.03. The van der Waals surface area contributed by atoms with Crippen LogP contribution in [0.25, 0.3) is 0 Å². The lowest BCUT2D eigenvalue weighted by atomic mass is 10.1. The van der Waals surface area contributed by atoms with Crippen LogP contribution in [0.3, 0.4) is 0 Å². The van der Waals surface area contributed by atoms with E-state index in [0.717, 1.165) is 37.2 Å². The average molecular weight is 301 g/mol. The zero-order chi connectivity index (χ0) is 15.8. The molecule has 0 aliphatic rings. The Bertz CT molecular complexity index is 599. The van der Waals surface area contributed by atoms with E-state index >= 15 is 0 Å². The quantitative estimate of drug-likeness (QED) is 0.736. The van der Waals surface area contributed by atoms with Gasteiger partial charge in [-0.15, -0.1) is 0 Å². The van der Waals surface area contributed by atoms with Crippen molar-refractivity contribution >= 4 is 0 Å². The van der Waals surface area contributed by atoms with Crippen LogP contribution >= 0.6 is 0 Å². The average Bonchev–Trinajstić information content (AvgIpc) is 2.55. The monoisotopic (exact) mass is 301 g/mol. The molecule has 4 heteroatoms. The molecule has 2 rings (SSSR count). The van der Waals surface area contributed by atoms with Gasteiger partial charge >= 0.3 is 0 Å². The Hall–Kier alpha value is -2.20. The summed E-state index contributed by atoms with van der Waals surface area (Å²) in [6.07, 6.45) is 1.79. The lowest BCUT2D eigenvalue weighted by molar-refractivity contribution is 0.373. The van der Waals surface area contributed by atoms with Crippen LogP contribution in [0.15, 0.2) is 42.5 Å². The van der Waals surface area contributed by atoms with Gasteiger partial charge in [0.05, 0.1) is 14.2 Å². The Morgan fingerprint density at radius 2 is 1.64 bits per heavy atom. The van der Waals surface area contributed by atoms with Crippen LogP contribution < -0.4 is 14.8 Å². The minimum atomic E-state index is 0.189. The number of phenols is 1. The standard InChI is InChI=1S/C18H23NO3/c1-21-17-6-4-3-5-15(17)10-12-19-11-9-14-7-8-18(22-2)16(20)13-14/h3-8,13,19-20H,9-12H2,1-2H3. The minimum absolute atomic E-state index is 0.189. The van der Waals surface area contributed by atoms with Gasteiger partial charge in [-0.25, -0.2) is 0 Å². The molecule has 118 valence electrons. The molecule has 0 spiro atoms. The second-order valence-corrected chi connectivity index (χ2v) is 5.07. The Morgan fingerprint density at radius 1 is 0.909 bits per heavy atom. The van der Waals surface area contributed by atoms with Crippen molar-refractivity contribution in [3.63, 3.8) is 0 Å². The predicted molar refractivity (Wildman–Crippen MR) is 87.9 cm³/mol.